The molecule has 1 heterocycles. The fraction of sp³-hybridized carbons (Fsp3) is 0.429. The Kier molecular flexibility index (Phi) is 3.22. The molecule has 1 N–H and O–H groups in total. The van der Waals surface area contributed by atoms with Crippen molar-refractivity contribution >= 4 is 11.8 Å². The molecule has 0 aromatic heterocycles. The monoisotopic (exact) mass is 247 g/mol. The predicted molar refractivity (Wildman–Crippen MR) is 67.6 cm³/mol. The Morgan fingerprint density at radius 2 is 1.56 bits per heavy atom. The van der Waals surface area contributed by atoms with Crippen LogP contribution in [0.4, 0.5) is 0 Å². The Morgan fingerprint density at radius 1 is 1.11 bits per heavy atom. The molecule has 1 atom stereocenters. The van der Waals surface area contributed by atoms with Crippen molar-refractivity contribution in [2.45, 2.75) is 33.2 Å². The Hall–Kier alpha value is -1.68. The van der Waals surface area contributed by atoms with Crippen LogP contribution in [0.25, 0.3) is 0 Å². The number of carbonyl (C=O) groups excluding carboxylic acids is 2. The van der Waals surface area contributed by atoms with Crippen molar-refractivity contribution < 1.29 is 14.7 Å². The number of aryl methyl sites for hydroxylation is 2. The normalized spacial score (nSPS) is 16.1. The van der Waals surface area contributed by atoms with Crippen molar-refractivity contribution in [2.75, 3.05) is 6.61 Å². The number of carbonyl (C=O) groups is 2. The highest BCUT2D eigenvalue weighted by atomic mass is 16.3. The zero-order valence-electron chi connectivity index (χ0n) is 10.9. The van der Waals surface area contributed by atoms with Gasteiger partial charge in [0, 0.05) is 0 Å². The third-order valence-corrected chi connectivity index (χ3v) is 3.53. The van der Waals surface area contributed by atoms with Gasteiger partial charge in [0.2, 0.25) is 0 Å². The Bertz CT molecular complexity index is 477. The number of rotatable bonds is 3. The molecule has 18 heavy (non-hydrogen) atoms. The SMILES string of the molecule is CC[C@@H](CO)N1C(=O)c2c(C)ccc(C)c2C1=O. The molecular weight excluding hydrogens is 230 g/mol. The average Bonchev–Trinajstić information content (AvgIpc) is 2.61. The lowest BCUT2D eigenvalue weighted by atomic mass is 9.99. The summed E-state index contributed by atoms with van der Waals surface area (Å²) in [5.74, 6) is -0.561. The zero-order chi connectivity index (χ0) is 13.4. The van der Waals surface area contributed by atoms with Gasteiger partial charge < -0.3 is 5.11 Å². The number of imide groups is 1. The molecule has 2 amide bonds. The van der Waals surface area contributed by atoms with Gasteiger partial charge in [-0.15, -0.1) is 0 Å². The summed E-state index contributed by atoms with van der Waals surface area (Å²) < 4.78 is 0. The third-order valence-electron chi connectivity index (χ3n) is 3.53. The highest BCUT2D eigenvalue weighted by molar-refractivity contribution is 6.22. The maximum atomic E-state index is 12.3. The first kappa shape index (κ1) is 12.8. The Labute approximate surface area is 106 Å². The summed E-state index contributed by atoms with van der Waals surface area (Å²) >= 11 is 0. The lowest BCUT2D eigenvalue weighted by molar-refractivity contribution is 0.0511. The van der Waals surface area contributed by atoms with Crippen LogP contribution in [0, 0.1) is 13.8 Å². The first-order valence-corrected chi connectivity index (χ1v) is 6.11. The molecule has 0 bridgehead atoms. The van der Waals surface area contributed by atoms with Crippen molar-refractivity contribution in [3.63, 3.8) is 0 Å². The number of benzene rings is 1. The first-order valence-electron chi connectivity index (χ1n) is 6.11. The van der Waals surface area contributed by atoms with Gasteiger partial charge >= 0.3 is 0 Å². The van der Waals surface area contributed by atoms with E-state index in [2.05, 4.69) is 0 Å². The largest absolute Gasteiger partial charge is 0.394 e. The van der Waals surface area contributed by atoms with Crippen LogP contribution in [0.3, 0.4) is 0 Å². The molecule has 1 aliphatic rings. The van der Waals surface area contributed by atoms with Gasteiger partial charge in [-0.25, -0.2) is 0 Å². The average molecular weight is 247 g/mol. The Balaban J connectivity index is 2.57. The number of nitrogens with zero attached hydrogens (tertiary/aromatic N) is 1. The summed E-state index contributed by atoms with van der Waals surface area (Å²) in [5.41, 5.74) is 2.60. The molecule has 0 unspecified atom stereocenters. The lowest BCUT2D eigenvalue weighted by Crippen LogP contribution is -2.41. The molecule has 0 spiro atoms. The van der Waals surface area contributed by atoms with Gasteiger partial charge in [-0.2, -0.15) is 0 Å². The zero-order valence-corrected chi connectivity index (χ0v) is 10.9. The van der Waals surface area contributed by atoms with E-state index in [1.807, 2.05) is 32.9 Å². The lowest BCUT2D eigenvalue weighted by Gasteiger charge is -2.22. The maximum absolute atomic E-state index is 12.3. The summed E-state index contributed by atoms with van der Waals surface area (Å²) in [7, 11) is 0. The van der Waals surface area contributed by atoms with E-state index in [1.54, 1.807) is 0 Å². The fourth-order valence-corrected chi connectivity index (χ4v) is 2.42. The molecule has 96 valence electrons. The summed E-state index contributed by atoms with van der Waals surface area (Å²) in [4.78, 5) is 25.9. The van der Waals surface area contributed by atoms with Crippen molar-refractivity contribution in [3.05, 3.63) is 34.4 Å². The van der Waals surface area contributed by atoms with Crippen molar-refractivity contribution in [3.8, 4) is 0 Å². The van der Waals surface area contributed by atoms with Crippen LogP contribution in [0.15, 0.2) is 12.1 Å². The second-order valence-corrected chi connectivity index (χ2v) is 4.67. The minimum atomic E-state index is -0.434. The molecular formula is C14H17NO3. The van der Waals surface area contributed by atoms with E-state index in [0.29, 0.717) is 17.5 Å². The van der Waals surface area contributed by atoms with Gasteiger partial charge in [0.05, 0.1) is 23.8 Å². The van der Waals surface area contributed by atoms with E-state index in [-0.39, 0.29) is 18.4 Å². The van der Waals surface area contributed by atoms with Crippen LogP contribution in [-0.2, 0) is 0 Å². The number of amides is 2. The highest BCUT2D eigenvalue weighted by Crippen LogP contribution is 2.30. The van der Waals surface area contributed by atoms with Crippen LogP contribution in [0.1, 0.15) is 45.2 Å². The van der Waals surface area contributed by atoms with Crippen LogP contribution in [0.5, 0.6) is 0 Å². The van der Waals surface area contributed by atoms with Crippen molar-refractivity contribution in [2.24, 2.45) is 0 Å². The molecule has 4 nitrogen and oxygen atoms in total. The van der Waals surface area contributed by atoms with Crippen LogP contribution in [0.2, 0.25) is 0 Å². The number of hydrogen-bond donors (Lipinski definition) is 1. The predicted octanol–water partition coefficient (Wildman–Crippen LogP) is 1.67. The van der Waals surface area contributed by atoms with Crippen LogP contribution >= 0.6 is 0 Å². The van der Waals surface area contributed by atoms with E-state index < -0.39 is 6.04 Å². The summed E-state index contributed by atoms with van der Waals surface area (Å²) in [6.45, 7) is 5.31. The van der Waals surface area contributed by atoms with E-state index >= 15 is 0 Å². The second-order valence-electron chi connectivity index (χ2n) is 4.67. The minimum Gasteiger partial charge on any atom is -0.394 e. The van der Waals surface area contributed by atoms with E-state index in [9.17, 15) is 14.7 Å². The summed E-state index contributed by atoms with van der Waals surface area (Å²) in [6.07, 6.45) is 0.556. The molecule has 0 saturated carbocycles. The molecule has 1 aromatic rings. The van der Waals surface area contributed by atoms with Gasteiger partial charge in [-0.3, -0.25) is 14.5 Å². The second kappa shape index (κ2) is 4.53. The summed E-state index contributed by atoms with van der Waals surface area (Å²) in [5, 5.41) is 9.29. The molecule has 0 fully saturated rings. The topological polar surface area (TPSA) is 57.6 Å². The van der Waals surface area contributed by atoms with Gasteiger partial charge in [-0.1, -0.05) is 19.1 Å². The van der Waals surface area contributed by atoms with E-state index in [0.717, 1.165) is 11.1 Å². The van der Waals surface area contributed by atoms with Gasteiger partial charge in [0.1, 0.15) is 0 Å². The van der Waals surface area contributed by atoms with Gasteiger partial charge in [0.25, 0.3) is 11.8 Å². The van der Waals surface area contributed by atoms with E-state index in [1.165, 1.54) is 4.90 Å². The standard InChI is InChI=1S/C14H17NO3/c1-4-10(7-16)15-13(17)11-8(2)5-6-9(3)12(11)14(15)18/h5-6,10,16H,4,7H2,1-3H3/t10-/m0/s1. The molecule has 0 saturated heterocycles. The van der Waals surface area contributed by atoms with Crippen molar-refractivity contribution in [1.82, 2.24) is 4.90 Å². The molecule has 2 rings (SSSR count). The van der Waals surface area contributed by atoms with Crippen molar-refractivity contribution in [1.29, 1.82) is 0 Å². The molecule has 1 aromatic carbocycles. The molecule has 0 radical (unpaired) electrons. The van der Waals surface area contributed by atoms with Crippen LogP contribution in [-0.4, -0.2) is 34.5 Å². The Morgan fingerprint density at radius 3 is 1.89 bits per heavy atom. The highest BCUT2D eigenvalue weighted by Gasteiger charge is 2.40. The minimum absolute atomic E-state index is 0.194. The molecule has 1 aliphatic heterocycles. The van der Waals surface area contributed by atoms with Gasteiger partial charge in [0.15, 0.2) is 0 Å². The number of fused-ring (bicyclic) bond motifs is 1. The smallest absolute Gasteiger partial charge is 0.262 e. The summed E-state index contributed by atoms with van der Waals surface area (Å²) in [6, 6.07) is 3.27. The third kappa shape index (κ3) is 1.64. The number of aliphatic hydroxyl groups is 1. The number of aliphatic hydroxyl groups excluding tert-OH is 1. The fourth-order valence-electron chi connectivity index (χ4n) is 2.42. The first-order chi connectivity index (χ1) is 8.52. The quantitative estimate of drug-likeness (QED) is 0.827. The van der Waals surface area contributed by atoms with Crippen LogP contribution < -0.4 is 0 Å². The van der Waals surface area contributed by atoms with E-state index in [4.69, 9.17) is 0 Å². The van der Waals surface area contributed by atoms with Gasteiger partial charge in [-0.05, 0) is 31.4 Å². The number of hydrogen-bond acceptors (Lipinski definition) is 3. The molecule has 4 heteroatoms. The maximum Gasteiger partial charge on any atom is 0.262 e. The molecule has 0 aliphatic carbocycles.